The summed E-state index contributed by atoms with van der Waals surface area (Å²) in [5, 5.41) is 10.4. The summed E-state index contributed by atoms with van der Waals surface area (Å²) in [5.74, 6) is -0.269. The number of aromatic nitrogens is 1. The lowest BCUT2D eigenvalue weighted by Crippen LogP contribution is -2.59. The van der Waals surface area contributed by atoms with Crippen molar-refractivity contribution in [2.45, 2.75) is 30.9 Å². The molecule has 0 radical (unpaired) electrons. The second-order valence-electron chi connectivity index (χ2n) is 9.80. The van der Waals surface area contributed by atoms with E-state index in [1.54, 1.807) is 28.7 Å². The van der Waals surface area contributed by atoms with Crippen molar-refractivity contribution in [2.24, 2.45) is 0 Å². The van der Waals surface area contributed by atoms with Crippen molar-refractivity contribution in [1.82, 2.24) is 24.0 Å². The number of nitrogens with zero attached hydrogens (tertiary/aromatic N) is 4. The molecule has 1 atom stereocenters. The molecule has 12 nitrogen and oxygen atoms in total. The van der Waals surface area contributed by atoms with Gasteiger partial charge in [-0.05, 0) is 42.8 Å². The molecule has 1 aromatic heterocycles. The van der Waals surface area contributed by atoms with Gasteiger partial charge in [-0.1, -0.05) is 25.1 Å². The van der Waals surface area contributed by atoms with E-state index < -0.39 is 32.0 Å². The molecule has 1 amide bonds. The third-order valence-corrected chi connectivity index (χ3v) is 10.2. The summed E-state index contributed by atoms with van der Waals surface area (Å²) in [6, 6.07) is 14.7. The number of piperazine rings is 1. The highest BCUT2D eigenvalue weighted by molar-refractivity contribution is 7.89. The van der Waals surface area contributed by atoms with Crippen molar-refractivity contribution < 1.29 is 31.6 Å². The Labute approximate surface area is 240 Å². The van der Waals surface area contributed by atoms with Crippen molar-refractivity contribution >= 4 is 36.9 Å². The lowest BCUT2D eigenvalue weighted by atomic mass is 10.1. The minimum atomic E-state index is -4.01. The largest absolute Gasteiger partial charge is 0.489 e. The normalized spacial score (nSPS) is 16.1. The maximum Gasteiger partial charge on any atom is 0.262 e. The Morgan fingerprint density at radius 2 is 1.73 bits per heavy atom. The molecular weight excluding hydrogens is 570 g/mol. The zero-order valence-electron chi connectivity index (χ0n) is 23.0. The van der Waals surface area contributed by atoms with Gasteiger partial charge in [-0.15, -0.1) is 0 Å². The van der Waals surface area contributed by atoms with E-state index in [-0.39, 0.29) is 50.8 Å². The second kappa shape index (κ2) is 13.2. The van der Waals surface area contributed by atoms with Crippen LogP contribution in [0.4, 0.5) is 0 Å². The van der Waals surface area contributed by atoms with E-state index in [4.69, 9.17) is 4.74 Å². The standard InChI is InChI=1S/C27H35N5O7S2/c1-3-14-32(19-26(27(33)29-34)30-15-17-31(18-16-30)40(2,35)36)41(37,38)23-10-8-22(9-11-23)39-20-21-12-13-28-25-7-5-4-6-24(21)25/h4-13,26,34H,3,14-20H2,1-2H3,(H,29,33)/t26-/m0/s1. The highest BCUT2D eigenvalue weighted by Crippen LogP contribution is 2.23. The Morgan fingerprint density at radius 1 is 1.05 bits per heavy atom. The van der Waals surface area contributed by atoms with Crippen LogP contribution < -0.4 is 10.2 Å². The number of fused-ring (bicyclic) bond motifs is 1. The van der Waals surface area contributed by atoms with Crippen LogP contribution in [0.5, 0.6) is 5.75 Å². The fraction of sp³-hybridized carbons (Fsp3) is 0.407. The molecule has 1 aliphatic heterocycles. The van der Waals surface area contributed by atoms with Crippen LogP contribution in [0, 0.1) is 0 Å². The average Bonchev–Trinajstić information content (AvgIpc) is 2.97. The van der Waals surface area contributed by atoms with Gasteiger partial charge in [-0.2, -0.15) is 8.61 Å². The highest BCUT2D eigenvalue weighted by atomic mass is 32.2. The number of rotatable bonds is 12. The molecule has 2 N–H and O–H groups in total. The number of nitrogens with one attached hydrogen (secondary N) is 1. The third kappa shape index (κ3) is 7.39. The molecule has 2 heterocycles. The van der Waals surface area contributed by atoms with Crippen molar-refractivity contribution in [1.29, 1.82) is 0 Å². The van der Waals surface area contributed by atoms with Crippen molar-refractivity contribution in [3.63, 3.8) is 0 Å². The number of hydroxylamine groups is 1. The van der Waals surface area contributed by atoms with Gasteiger partial charge >= 0.3 is 0 Å². The Balaban J connectivity index is 1.48. The van der Waals surface area contributed by atoms with Crippen LogP contribution in [0.25, 0.3) is 10.9 Å². The van der Waals surface area contributed by atoms with Gasteiger partial charge in [0.25, 0.3) is 5.91 Å². The van der Waals surface area contributed by atoms with E-state index in [1.165, 1.54) is 20.7 Å². The Bertz CT molecular complexity index is 1550. The Hall–Kier alpha value is -3.14. The molecule has 0 aliphatic carbocycles. The molecule has 41 heavy (non-hydrogen) atoms. The maximum atomic E-state index is 13.7. The molecular formula is C27H35N5O7S2. The number of sulfonamides is 2. The monoisotopic (exact) mass is 605 g/mol. The van der Waals surface area contributed by atoms with Crippen LogP contribution in [0.1, 0.15) is 18.9 Å². The van der Waals surface area contributed by atoms with Crippen molar-refractivity contribution in [3.05, 3.63) is 66.4 Å². The van der Waals surface area contributed by atoms with E-state index in [1.807, 2.05) is 37.3 Å². The first-order valence-electron chi connectivity index (χ1n) is 13.2. The predicted molar refractivity (Wildman–Crippen MR) is 153 cm³/mol. The van der Waals surface area contributed by atoms with E-state index in [0.29, 0.717) is 12.2 Å². The molecule has 3 aromatic rings. The molecule has 4 rings (SSSR count). The zero-order valence-corrected chi connectivity index (χ0v) is 24.6. The fourth-order valence-corrected chi connectivity index (χ4v) is 7.20. The molecule has 222 valence electrons. The predicted octanol–water partition coefficient (Wildman–Crippen LogP) is 1.67. The van der Waals surface area contributed by atoms with Crippen LogP contribution in [-0.2, 0) is 31.4 Å². The van der Waals surface area contributed by atoms with Gasteiger partial charge < -0.3 is 4.74 Å². The number of hydrogen-bond donors (Lipinski definition) is 2. The van der Waals surface area contributed by atoms with Gasteiger partial charge in [0, 0.05) is 56.4 Å². The first-order chi connectivity index (χ1) is 19.5. The minimum Gasteiger partial charge on any atom is -0.489 e. The van der Waals surface area contributed by atoms with E-state index in [0.717, 1.165) is 22.7 Å². The first-order valence-corrected chi connectivity index (χ1v) is 16.5. The lowest BCUT2D eigenvalue weighted by Gasteiger charge is -2.38. The lowest BCUT2D eigenvalue weighted by molar-refractivity contribution is -0.135. The molecule has 0 bridgehead atoms. The SMILES string of the molecule is CCCN(C[C@@H](C(=O)NO)N1CCN(S(C)(=O)=O)CC1)S(=O)(=O)c1ccc(OCc2ccnc3ccccc23)cc1. The zero-order chi connectivity index (χ0) is 29.6. The second-order valence-corrected chi connectivity index (χ2v) is 13.7. The van der Waals surface area contributed by atoms with Gasteiger partial charge in [-0.3, -0.25) is 19.9 Å². The summed E-state index contributed by atoms with van der Waals surface area (Å²) < 4.78 is 59.5. The smallest absolute Gasteiger partial charge is 0.262 e. The van der Waals surface area contributed by atoms with E-state index >= 15 is 0 Å². The summed E-state index contributed by atoms with van der Waals surface area (Å²) >= 11 is 0. The van der Waals surface area contributed by atoms with E-state index in [2.05, 4.69) is 4.98 Å². The molecule has 1 fully saturated rings. The van der Waals surface area contributed by atoms with E-state index in [9.17, 15) is 26.8 Å². The molecule has 1 saturated heterocycles. The van der Waals surface area contributed by atoms with Gasteiger partial charge in [-0.25, -0.2) is 22.3 Å². The van der Waals surface area contributed by atoms with Gasteiger partial charge in [0.15, 0.2) is 0 Å². The number of ether oxygens (including phenoxy) is 1. The fourth-order valence-electron chi connectivity index (χ4n) is 4.84. The van der Waals surface area contributed by atoms with Crippen LogP contribution in [0.3, 0.4) is 0 Å². The summed E-state index contributed by atoms with van der Waals surface area (Å²) in [6.07, 6.45) is 3.33. The molecule has 2 aromatic carbocycles. The molecule has 0 saturated carbocycles. The molecule has 0 spiro atoms. The van der Waals surface area contributed by atoms with Gasteiger partial charge in [0.05, 0.1) is 16.7 Å². The summed E-state index contributed by atoms with van der Waals surface area (Å²) in [6.45, 7) is 2.78. The van der Waals surface area contributed by atoms with Gasteiger partial charge in [0.1, 0.15) is 18.4 Å². The Kier molecular flexibility index (Phi) is 9.94. The van der Waals surface area contributed by atoms with Crippen molar-refractivity contribution in [2.75, 3.05) is 45.5 Å². The third-order valence-electron chi connectivity index (χ3n) is 7.04. The number of amides is 1. The van der Waals surface area contributed by atoms with Crippen LogP contribution >= 0.6 is 0 Å². The number of pyridine rings is 1. The average molecular weight is 606 g/mol. The van der Waals surface area contributed by atoms with Crippen molar-refractivity contribution in [3.8, 4) is 5.75 Å². The van der Waals surface area contributed by atoms with Crippen LogP contribution in [0.2, 0.25) is 0 Å². The molecule has 14 heteroatoms. The molecule has 1 aliphatic rings. The Morgan fingerprint density at radius 3 is 2.37 bits per heavy atom. The first kappa shape index (κ1) is 30.8. The quantitative estimate of drug-likeness (QED) is 0.232. The molecule has 0 unspecified atom stereocenters. The van der Waals surface area contributed by atoms with Gasteiger partial charge in [0.2, 0.25) is 20.0 Å². The van der Waals surface area contributed by atoms with Crippen LogP contribution in [-0.4, -0.2) is 98.0 Å². The summed E-state index contributed by atoms with van der Waals surface area (Å²) in [7, 11) is -7.40. The van der Waals surface area contributed by atoms with Crippen LogP contribution in [0.15, 0.2) is 65.7 Å². The highest BCUT2D eigenvalue weighted by Gasteiger charge is 2.35. The summed E-state index contributed by atoms with van der Waals surface area (Å²) in [4.78, 5) is 18.7. The number of hydrogen-bond acceptors (Lipinski definition) is 9. The maximum absolute atomic E-state index is 13.7. The number of benzene rings is 2. The number of carbonyl (C=O) groups is 1. The summed E-state index contributed by atoms with van der Waals surface area (Å²) in [5.41, 5.74) is 3.44. The number of carbonyl (C=O) groups excluding carboxylic acids is 1. The number of para-hydroxylation sites is 1. The topological polar surface area (TPSA) is 149 Å². The minimum absolute atomic E-state index is 0.0395.